The van der Waals surface area contributed by atoms with Crippen molar-refractivity contribution < 1.29 is 9.18 Å². The number of thioether (sulfide) groups is 1. The predicted octanol–water partition coefficient (Wildman–Crippen LogP) is 3.81. The summed E-state index contributed by atoms with van der Waals surface area (Å²) in [6.45, 7) is 0.107. The standard InChI is InChI=1S/C18H16ClFN4OS/c1-23(10-14-15(19)8-5-9-16(14)20)17(25)11-26-18-22-21-12-24(18)13-6-3-2-4-7-13/h2-9,12H,10-11H2,1H3. The lowest BCUT2D eigenvalue weighted by Gasteiger charge is -2.18. The van der Waals surface area contributed by atoms with Crippen molar-refractivity contribution >= 4 is 29.3 Å². The van der Waals surface area contributed by atoms with Crippen molar-refractivity contribution in [3.8, 4) is 5.69 Å². The molecule has 0 fully saturated rings. The van der Waals surface area contributed by atoms with Gasteiger partial charge in [-0.1, -0.05) is 47.6 Å². The summed E-state index contributed by atoms with van der Waals surface area (Å²) in [7, 11) is 1.62. The maximum atomic E-state index is 13.9. The van der Waals surface area contributed by atoms with Gasteiger partial charge in [-0.05, 0) is 24.3 Å². The van der Waals surface area contributed by atoms with Crippen LogP contribution in [0.2, 0.25) is 5.02 Å². The van der Waals surface area contributed by atoms with E-state index >= 15 is 0 Å². The zero-order valence-corrected chi connectivity index (χ0v) is 15.5. The van der Waals surface area contributed by atoms with E-state index in [1.807, 2.05) is 34.9 Å². The summed E-state index contributed by atoms with van der Waals surface area (Å²) in [5.74, 6) is -0.417. The third-order valence-corrected chi connectivity index (χ3v) is 5.04. The number of hydrogen-bond donors (Lipinski definition) is 0. The van der Waals surface area contributed by atoms with Gasteiger partial charge >= 0.3 is 0 Å². The van der Waals surface area contributed by atoms with E-state index in [1.54, 1.807) is 19.4 Å². The second-order valence-electron chi connectivity index (χ2n) is 5.56. The lowest BCUT2D eigenvalue weighted by Crippen LogP contribution is -2.28. The van der Waals surface area contributed by atoms with Crippen LogP contribution in [0.5, 0.6) is 0 Å². The smallest absolute Gasteiger partial charge is 0.233 e. The van der Waals surface area contributed by atoms with Crippen molar-refractivity contribution in [2.45, 2.75) is 11.7 Å². The molecule has 1 aromatic heterocycles. The summed E-state index contributed by atoms with van der Waals surface area (Å²) in [5, 5.41) is 8.89. The van der Waals surface area contributed by atoms with Gasteiger partial charge in [-0.3, -0.25) is 9.36 Å². The number of carbonyl (C=O) groups excluding carboxylic acids is 1. The van der Waals surface area contributed by atoms with E-state index in [1.165, 1.54) is 28.8 Å². The second-order valence-corrected chi connectivity index (χ2v) is 6.91. The van der Waals surface area contributed by atoms with Crippen molar-refractivity contribution in [1.82, 2.24) is 19.7 Å². The molecule has 0 saturated carbocycles. The average molecular weight is 391 g/mol. The van der Waals surface area contributed by atoms with Crippen LogP contribution in [-0.4, -0.2) is 38.4 Å². The van der Waals surface area contributed by atoms with Crippen LogP contribution in [0, 0.1) is 5.82 Å². The molecular formula is C18H16ClFN4OS. The topological polar surface area (TPSA) is 51.0 Å². The third kappa shape index (κ3) is 4.23. The Hall–Kier alpha value is -2.38. The molecular weight excluding hydrogens is 375 g/mol. The van der Waals surface area contributed by atoms with Gasteiger partial charge in [0.15, 0.2) is 5.16 Å². The normalized spacial score (nSPS) is 10.7. The fourth-order valence-electron chi connectivity index (χ4n) is 2.33. The van der Waals surface area contributed by atoms with Crippen LogP contribution in [0.1, 0.15) is 5.56 Å². The first-order valence-corrected chi connectivity index (χ1v) is 9.17. The molecule has 0 aliphatic rings. The minimum absolute atomic E-state index is 0.107. The van der Waals surface area contributed by atoms with Crippen molar-refractivity contribution in [2.24, 2.45) is 0 Å². The molecule has 26 heavy (non-hydrogen) atoms. The van der Waals surface area contributed by atoms with Crippen LogP contribution in [0.25, 0.3) is 5.69 Å². The second kappa shape index (κ2) is 8.33. The Balaban J connectivity index is 1.64. The largest absolute Gasteiger partial charge is 0.341 e. The number of nitrogens with zero attached hydrogens (tertiary/aromatic N) is 4. The molecule has 0 bridgehead atoms. The zero-order valence-electron chi connectivity index (χ0n) is 14.0. The van der Waals surface area contributed by atoms with E-state index in [2.05, 4.69) is 10.2 Å². The van der Waals surface area contributed by atoms with Crippen molar-refractivity contribution in [3.05, 3.63) is 71.3 Å². The van der Waals surface area contributed by atoms with Crippen LogP contribution in [0.15, 0.2) is 60.0 Å². The lowest BCUT2D eigenvalue weighted by molar-refractivity contribution is -0.127. The molecule has 3 rings (SSSR count). The fraction of sp³-hybridized carbons (Fsp3) is 0.167. The van der Waals surface area contributed by atoms with Crippen molar-refractivity contribution in [2.75, 3.05) is 12.8 Å². The number of benzene rings is 2. The van der Waals surface area contributed by atoms with Gasteiger partial charge in [0.1, 0.15) is 12.1 Å². The number of aromatic nitrogens is 3. The molecule has 0 N–H and O–H groups in total. The minimum atomic E-state index is -0.423. The van der Waals surface area contributed by atoms with Gasteiger partial charge in [-0.25, -0.2) is 4.39 Å². The molecule has 0 aliphatic heterocycles. The quantitative estimate of drug-likeness (QED) is 0.600. The molecule has 0 atom stereocenters. The number of halogens is 2. The van der Waals surface area contributed by atoms with Crippen LogP contribution in [0.4, 0.5) is 4.39 Å². The Bertz CT molecular complexity index is 883. The summed E-state index contributed by atoms with van der Waals surface area (Å²) < 4.78 is 15.7. The number of hydrogen-bond acceptors (Lipinski definition) is 4. The summed E-state index contributed by atoms with van der Waals surface area (Å²) in [6.07, 6.45) is 1.60. The molecule has 0 aliphatic carbocycles. The molecule has 0 spiro atoms. The van der Waals surface area contributed by atoms with Gasteiger partial charge in [-0.15, -0.1) is 10.2 Å². The van der Waals surface area contributed by atoms with Gasteiger partial charge < -0.3 is 4.90 Å². The molecule has 134 valence electrons. The maximum Gasteiger partial charge on any atom is 0.233 e. The van der Waals surface area contributed by atoms with Crippen LogP contribution >= 0.6 is 23.4 Å². The molecule has 1 heterocycles. The van der Waals surface area contributed by atoms with E-state index in [0.29, 0.717) is 15.7 Å². The Kier molecular flexibility index (Phi) is 5.90. The Labute approximate surface area is 159 Å². The van der Waals surface area contributed by atoms with E-state index in [0.717, 1.165) is 5.69 Å². The van der Waals surface area contributed by atoms with Crippen LogP contribution in [0.3, 0.4) is 0 Å². The highest BCUT2D eigenvalue weighted by atomic mass is 35.5. The minimum Gasteiger partial charge on any atom is -0.341 e. The summed E-state index contributed by atoms with van der Waals surface area (Å²) in [5.41, 5.74) is 1.22. The average Bonchev–Trinajstić information content (AvgIpc) is 3.12. The van der Waals surface area contributed by atoms with Gasteiger partial charge in [-0.2, -0.15) is 0 Å². The molecule has 8 heteroatoms. The highest BCUT2D eigenvalue weighted by Gasteiger charge is 2.16. The molecule has 0 radical (unpaired) electrons. The van der Waals surface area contributed by atoms with E-state index in [-0.39, 0.29) is 18.2 Å². The van der Waals surface area contributed by atoms with Gasteiger partial charge in [0, 0.05) is 29.9 Å². The predicted molar refractivity (Wildman–Crippen MR) is 100.0 cm³/mol. The van der Waals surface area contributed by atoms with Gasteiger partial charge in [0.25, 0.3) is 0 Å². The number of carbonyl (C=O) groups is 1. The molecule has 2 aromatic carbocycles. The summed E-state index contributed by atoms with van der Waals surface area (Å²) in [6, 6.07) is 14.1. The SMILES string of the molecule is CN(Cc1c(F)cccc1Cl)C(=O)CSc1nncn1-c1ccccc1. The highest BCUT2D eigenvalue weighted by Crippen LogP contribution is 2.22. The third-order valence-electron chi connectivity index (χ3n) is 3.76. The van der Waals surface area contributed by atoms with Crippen LogP contribution in [-0.2, 0) is 11.3 Å². The number of amides is 1. The van der Waals surface area contributed by atoms with Crippen LogP contribution < -0.4 is 0 Å². The zero-order chi connectivity index (χ0) is 18.5. The van der Waals surface area contributed by atoms with Crippen molar-refractivity contribution in [3.63, 3.8) is 0 Å². The summed E-state index contributed by atoms with van der Waals surface area (Å²) in [4.78, 5) is 13.8. The highest BCUT2D eigenvalue weighted by molar-refractivity contribution is 7.99. The van der Waals surface area contributed by atoms with E-state index in [9.17, 15) is 9.18 Å². The fourth-order valence-corrected chi connectivity index (χ4v) is 3.43. The molecule has 5 nitrogen and oxygen atoms in total. The Morgan fingerprint density at radius 3 is 2.73 bits per heavy atom. The number of rotatable bonds is 6. The van der Waals surface area contributed by atoms with Crippen molar-refractivity contribution in [1.29, 1.82) is 0 Å². The summed E-state index contributed by atoms with van der Waals surface area (Å²) >= 11 is 7.30. The molecule has 3 aromatic rings. The first-order chi connectivity index (χ1) is 12.6. The first kappa shape index (κ1) is 18.4. The van der Waals surface area contributed by atoms with Gasteiger partial charge in [0.2, 0.25) is 5.91 Å². The van der Waals surface area contributed by atoms with Gasteiger partial charge in [0.05, 0.1) is 5.75 Å². The molecule has 0 saturated heterocycles. The van der Waals surface area contributed by atoms with E-state index in [4.69, 9.17) is 11.6 Å². The maximum absolute atomic E-state index is 13.9. The Morgan fingerprint density at radius 1 is 1.23 bits per heavy atom. The monoisotopic (exact) mass is 390 g/mol. The lowest BCUT2D eigenvalue weighted by atomic mass is 10.2. The molecule has 0 unspecified atom stereocenters. The van der Waals surface area contributed by atoms with E-state index < -0.39 is 5.82 Å². The first-order valence-electron chi connectivity index (χ1n) is 7.81. The Morgan fingerprint density at radius 2 is 2.00 bits per heavy atom. The number of para-hydroxylation sites is 1. The molecule has 1 amide bonds.